The fourth-order valence-electron chi connectivity index (χ4n) is 0.580. The van der Waals surface area contributed by atoms with Crippen molar-refractivity contribution in [1.82, 2.24) is 0 Å². The quantitative estimate of drug-likeness (QED) is 0.202. The Hall–Kier alpha value is -1.05. The van der Waals surface area contributed by atoms with Crippen LogP contribution < -0.4 is 0 Å². The highest BCUT2D eigenvalue weighted by Gasteiger charge is 2.01. The molecule has 24 heavy (non-hydrogen) atoms. The van der Waals surface area contributed by atoms with Crippen LogP contribution in [0.3, 0.4) is 0 Å². The number of hydrogen-bond donors (Lipinski definition) is 12. The van der Waals surface area contributed by atoms with Gasteiger partial charge in [-0.1, -0.05) is 0 Å². The first-order valence-corrected chi connectivity index (χ1v) is 9.45. The van der Waals surface area contributed by atoms with Crippen molar-refractivity contribution in [2.45, 2.75) is 0 Å². The maximum absolute atomic E-state index is 8.88. The molecule has 0 spiro atoms. The van der Waals surface area contributed by atoms with Crippen molar-refractivity contribution in [2.24, 2.45) is 0 Å². The zero-order valence-corrected chi connectivity index (χ0v) is 13.8. The largest absolute Gasteiger partial charge is 0.508 e. The van der Waals surface area contributed by atoms with Crippen molar-refractivity contribution in [3.63, 3.8) is 0 Å². The van der Waals surface area contributed by atoms with Gasteiger partial charge in [0.1, 0.15) is 17.2 Å². The van der Waals surface area contributed by atoms with Crippen LogP contribution in [0.2, 0.25) is 0 Å². The molecule has 0 aromatic heterocycles. The van der Waals surface area contributed by atoms with Crippen LogP contribution in [0.25, 0.3) is 0 Å². The maximum atomic E-state index is 8.88. The van der Waals surface area contributed by atoms with Gasteiger partial charge in [0.25, 0.3) is 0 Å². The minimum Gasteiger partial charge on any atom is -0.508 e. The molecule has 0 amide bonds. The van der Waals surface area contributed by atoms with E-state index in [9.17, 15) is 0 Å². The van der Waals surface area contributed by atoms with Gasteiger partial charge in [-0.3, -0.25) is 0 Å². The molecule has 1 aromatic rings. The lowest BCUT2D eigenvalue weighted by Crippen LogP contribution is -1.66. The van der Waals surface area contributed by atoms with Crippen molar-refractivity contribution in [3.8, 4) is 17.2 Å². The molecular formula is C6H15O15P3. The molecule has 0 heterocycles. The van der Waals surface area contributed by atoms with Gasteiger partial charge in [-0.15, -0.1) is 0 Å². The van der Waals surface area contributed by atoms with E-state index in [2.05, 4.69) is 0 Å². The molecule has 15 nitrogen and oxygen atoms in total. The highest BCUT2D eigenvalue weighted by Crippen LogP contribution is 2.26. The number of aromatic hydroxyl groups is 3. The summed E-state index contributed by atoms with van der Waals surface area (Å²) >= 11 is 0. The van der Waals surface area contributed by atoms with Crippen LogP contribution >= 0.6 is 23.5 Å². The lowest BCUT2D eigenvalue weighted by molar-refractivity contribution is 0.272. The number of hydrogen-bond acceptors (Lipinski definition) is 6. The Kier molecular flexibility index (Phi) is 13.3. The molecule has 144 valence electrons. The average Bonchev–Trinajstić information content (AvgIpc) is 2.04. The molecule has 1 aromatic carbocycles. The lowest BCUT2D eigenvalue weighted by atomic mass is 10.3. The Labute approximate surface area is 133 Å². The first kappa shape index (κ1) is 27.8. The molecule has 0 aliphatic carbocycles. The van der Waals surface area contributed by atoms with Crippen LogP contribution in [0.4, 0.5) is 0 Å². The van der Waals surface area contributed by atoms with Crippen molar-refractivity contribution in [2.75, 3.05) is 0 Å². The summed E-state index contributed by atoms with van der Waals surface area (Å²) in [5.41, 5.74) is 0. The summed E-state index contributed by atoms with van der Waals surface area (Å²) in [6.07, 6.45) is 0. The van der Waals surface area contributed by atoms with Gasteiger partial charge in [0.15, 0.2) is 0 Å². The zero-order chi connectivity index (χ0) is 20.4. The molecular weight excluding hydrogens is 405 g/mol. The third-order valence-corrected chi connectivity index (χ3v) is 0.887. The normalized spacial score (nSPS) is 10.9. The predicted molar refractivity (Wildman–Crippen MR) is 74.2 cm³/mol. The standard InChI is InChI=1S/C6H6O3.3H3O4P/c7-4-1-5(8)3-6(9)2-4;3*1-5(2,3)4/h1-3,7-9H;3*(H3,1,2,3,4). The smallest absolute Gasteiger partial charge is 0.466 e. The first-order valence-electron chi connectivity index (χ1n) is 4.75. The third-order valence-electron chi connectivity index (χ3n) is 0.887. The van der Waals surface area contributed by atoms with Crippen molar-refractivity contribution in [3.05, 3.63) is 18.2 Å². The topological polar surface area (TPSA) is 294 Å². The number of benzene rings is 1. The minimum atomic E-state index is -4.64. The number of phosphoric acid groups is 3. The second-order valence-electron chi connectivity index (χ2n) is 3.25. The second-order valence-corrected chi connectivity index (χ2v) is 6.33. The molecule has 0 saturated carbocycles. The monoisotopic (exact) mass is 420 g/mol. The third kappa shape index (κ3) is 69.5. The fraction of sp³-hybridized carbons (Fsp3) is 0. The van der Waals surface area contributed by atoms with E-state index < -0.39 is 23.5 Å². The van der Waals surface area contributed by atoms with Gasteiger partial charge in [-0.2, -0.15) is 0 Å². The van der Waals surface area contributed by atoms with Crippen LogP contribution in [0.15, 0.2) is 18.2 Å². The van der Waals surface area contributed by atoms with E-state index in [0.29, 0.717) is 0 Å². The summed E-state index contributed by atoms with van der Waals surface area (Å²) in [5.74, 6) is -0.437. The average molecular weight is 420 g/mol. The molecule has 18 heteroatoms. The molecule has 0 aliphatic rings. The van der Waals surface area contributed by atoms with E-state index in [-0.39, 0.29) is 17.2 Å². The van der Waals surface area contributed by atoms with Gasteiger partial charge < -0.3 is 59.4 Å². The molecule has 0 aliphatic heterocycles. The highest BCUT2D eigenvalue weighted by molar-refractivity contribution is 7.45. The Bertz CT molecular complexity index is 487. The van der Waals surface area contributed by atoms with Gasteiger partial charge in [0.2, 0.25) is 0 Å². The summed E-state index contributed by atoms with van der Waals surface area (Å²) in [4.78, 5) is 64.7. The molecule has 12 N–H and O–H groups in total. The van der Waals surface area contributed by atoms with E-state index in [0.717, 1.165) is 18.2 Å². The number of rotatable bonds is 0. The van der Waals surface area contributed by atoms with E-state index in [1.54, 1.807) is 0 Å². The van der Waals surface area contributed by atoms with Gasteiger partial charge in [-0.05, 0) is 0 Å². The molecule has 0 saturated heterocycles. The van der Waals surface area contributed by atoms with Crippen LogP contribution in [0, 0.1) is 0 Å². The van der Waals surface area contributed by atoms with Gasteiger partial charge in [-0.25, -0.2) is 13.7 Å². The van der Waals surface area contributed by atoms with Crippen molar-refractivity contribution >= 4 is 23.5 Å². The predicted octanol–water partition coefficient (Wildman–Crippen LogP) is -1.98. The molecule has 0 unspecified atom stereocenters. The van der Waals surface area contributed by atoms with E-state index >= 15 is 0 Å². The number of phenolic OH excluding ortho intramolecular Hbond substituents is 3. The van der Waals surface area contributed by atoms with Crippen LogP contribution in [0.5, 0.6) is 17.2 Å². The molecule has 1 rings (SSSR count). The van der Waals surface area contributed by atoms with Crippen molar-refractivity contribution < 1.29 is 73.1 Å². The first-order chi connectivity index (χ1) is 10.2. The summed E-state index contributed by atoms with van der Waals surface area (Å²) < 4.78 is 26.6. The minimum absolute atomic E-state index is 0.146. The van der Waals surface area contributed by atoms with Crippen LogP contribution in [-0.2, 0) is 13.7 Å². The maximum Gasteiger partial charge on any atom is 0.466 e. The molecule has 0 atom stereocenters. The van der Waals surface area contributed by atoms with Crippen LogP contribution in [0.1, 0.15) is 0 Å². The fourth-order valence-corrected chi connectivity index (χ4v) is 0.580. The van der Waals surface area contributed by atoms with Gasteiger partial charge in [0, 0.05) is 18.2 Å². The Balaban J connectivity index is -0.000000259. The van der Waals surface area contributed by atoms with Gasteiger partial charge >= 0.3 is 23.5 Å². The van der Waals surface area contributed by atoms with Gasteiger partial charge in [0.05, 0.1) is 0 Å². The Morgan fingerprint density at radius 1 is 0.458 bits per heavy atom. The highest BCUT2D eigenvalue weighted by atomic mass is 31.2. The number of phenols is 3. The Morgan fingerprint density at radius 3 is 0.625 bits per heavy atom. The molecule has 0 fully saturated rings. The zero-order valence-electron chi connectivity index (χ0n) is 11.2. The summed E-state index contributed by atoms with van der Waals surface area (Å²) in [6.45, 7) is 0. The lowest BCUT2D eigenvalue weighted by Gasteiger charge is -1.94. The van der Waals surface area contributed by atoms with E-state index in [4.69, 9.17) is 73.1 Å². The van der Waals surface area contributed by atoms with E-state index in [1.807, 2.05) is 0 Å². The molecule has 0 radical (unpaired) electrons. The summed E-state index contributed by atoms with van der Waals surface area (Å²) in [6, 6.07) is 3.42. The van der Waals surface area contributed by atoms with Crippen LogP contribution in [-0.4, -0.2) is 59.4 Å². The van der Waals surface area contributed by atoms with E-state index in [1.165, 1.54) is 0 Å². The SMILES string of the molecule is O=P(O)(O)O.O=P(O)(O)O.O=P(O)(O)O.Oc1cc(O)cc(O)c1. The summed E-state index contributed by atoms with van der Waals surface area (Å²) in [7, 11) is -13.9. The van der Waals surface area contributed by atoms with Crippen molar-refractivity contribution in [1.29, 1.82) is 0 Å². The molecule has 0 bridgehead atoms. The second kappa shape index (κ2) is 11.5. The Morgan fingerprint density at radius 2 is 0.542 bits per heavy atom. The summed E-state index contributed by atoms with van der Waals surface area (Å²) in [5, 5.41) is 26.0.